The average molecular weight is 427 g/mol. The first-order valence-corrected chi connectivity index (χ1v) is 12.4. The molecule has 0 bridgehead atoms. The predicted octanol–water partition coefficient (Wildman–Crippen LogP) is 2.65. The minimum Gasteiger partial charge on any atom is -0.295 e. The maximum Gasteiger partial charge on any atom is 0.245 e. The standard InChI is InChI=1S/C20H30N2O4S2/c1-3-5-7-9-11-27-19-13(15(23)21-17(19)25)14-16(24)22-18(26)20(14,19)28-12-10-8-6-4-2/h13-14H,3-12H2,1-2H3,(H,21,23,25)(H,22,24,26)/t13-,14-,19+,20+/m0/s1. The molecular formula is C20H30N2O4S2. The summed E-state index contributed by atoms with van der Waals surface area (Å²) < 4.78 is -2.29. The van der Waals surface area contributed by atoms with E-state index in [9.17, 15) is 19.2 Å². The van der Waals surface area contributed by atoms with Gasteiger partial charge in [0.2, 0.25) is 23.6 Å². The molecule has 4 amide bonds. The van der Waals surface area contributed by atoms with E-state index in [0.29, 0.717) is 11.5 Å². The van der Waals surface area contributed by atoms with E-state index in [-0.39, 0.29) is 11.8 Å². The monoisotopic (exact) mass is 426 g/mol. The molecule has 0 spiro atoms. The smallest absolute Gasteiger partial charge is 0.245 e. The van der Waals surface area contributed by atoms with E-state index < -0.39 is 33.1 Å². The second kappa shape index (κ2) is 8.78. The van der Waals surface area contributed by atoms with Crippen molar-refractivity contribution in [1.82, 2.24) is 10.6 Å². The number of hydrogen-bond acceptors (Lipinski definition) is 6. The molecule has 6 nitrogen and oxygen atoms in total. The van der Waals surface area contributed by atoms with Crippen molar-refractivity contribution in [2.45, 2.75) is 74.7 Å². The van der Waals surface area contributed by atoms with Gasteiger partial charge in [-0.3, -0.25) is 29.8 Å². The number of unbranched alkanes of at least 4 members (excludes halogenated alkanes) is 6. The molecule has 0 aromatic rings. The molecule has 2 saturated heterocycles. The zero-order chi connectivity index (χ0) is 20.4. The summed E-state index contributed by atoms with van der Waals surface area (Å²) in [5.41, 5.74) is 0. The number of carbonyl (C=O) groups excluding carboxylic acids is 4. The summed E-state index contributed by atoms with van der Waals surface area (Å²) in [5, 5.41) is 4.87. The van der Waals surface area contributed by atoms with Crippen molar-refractivity contribution in [2.75, 3.05) is 11.5 Å². The van der Waals surface area contributed by atoms with Crippen LogP contribution in [0.2, 0.25) is 0 Å². The number of thioether (sulfide) groups is 2. The van der Waals surface area contributed by atoms with Crippen LogP contribution in [-0.4, -0.2) is 44.6 Å². The number of nitrogens with one attached hydrogen (secondary N) is 2. The molecule has 0 aromatic carbocycles. The molecule has 2 N–H and O–H groups in total. The summed E-state index contributed by atoms with van der Waals surface area (Å²) in [4.78, 5) is 50.9. The van der Waals surface area contributed by atoms with E-state index in [1.54, 1.807) is 0 Å². The molecule has 4 atom stereocenters. The Hall–Kier alpha value is -1.02. The maximum absolute atomic E-state index is 13.0. The summed E-state index contributed by atoms with van der Waals surface area (Å²) in [6, 6.07) is 0. The van der Waals surface area contributed by atoms with Crippen LogP contribution >= 0.6 is 23.5 Å². The van der Waals surface area contributed by atoms with Crippen molar-refractivity contribution < 1.29 is 19.2 Å². The average Bonchev–Trinajstić information content (AvgIpc) is 2.98. The van der Waals surface area contributed by atoms with Gasteiger partial charge in [0.05, 0.1) is 11.8 Å². The Morgan fingerprint density at radius 3 is 1.43 bits per heavy atom. The van der Waals surface area contributed by atoms with Gasteiger partial charge < -0.3 is 0 Å². The van der Waals surface area contributed by atoms with Crippen LogP contribution in [0.3, 0.4) is 0 Å². The third kappa shape index (κ3) is 3.11. The third-order valence-electron chi connectivity index (χ3n) is 6.13. The molecule has 3 fully saturated rings. The fraction of sp³-hybridized carbons (Fsp3) is 0.800. The first-order chi connectivity index (χ1) is 13.5. The molecule has 0 radical (unpaired) electrons. The highest BCUT2D eigenvalue weighted by Gasteiger charge is 2.87. The number of imide groups is 2. The van der Waals surface area contributed by atoms with Gasteiger partial charge in [-0.1, -0.05) is 52.4 Å². The predicted molar refractivity (Wildman–Crippen MR) is 112 cm³/mol. The van der Waals surface area contributed by atoms with Gasteiger partial charge >= 0.3 is 0 Å². The van der Waals surface area contributed by atoms with Crippen molar-refractivity contribution in [3.8, 4) is 0 Å². The molecule has 3 rings (SSSR count). The number of amides is 4. The van der Waals surface area contributed by atoms with E-state index in [2.05, 4.69) is 24.5 Å². The summed E-state index contributed by atoms with van der Waals surface area (Å²) in [6.45, 7) is 4.28. The first kappa shape index (κ1) is 21.7. The van der Waals surface area contributed by atoms with Gasteiger partial charge in [-0.15, -0.1) is 23.5 Å². The molecular weight excluding hydrogens is 396 g/mol. The van der Waals surface area contributed by atoms with Gasteiger partial charge in [-0.2, -0.15) is 0 Å². The van der Waals surface area contributed by atoms with Gasteiger partial charge in [0.1, 0.15) is 9.49 Å². The molecule has 0 aromatic heterocycles. The van der Waals surface area contributed by atoms with Gasteiger partial charge in [0.25, 0.3) is 0 Å². The highest BCUT2D eigenvalue weighted by Crippen LogP contribution is 2.69. The van der Waals surface area contributed by atoms with Crippen molar-refractivity contribution in [3.05, 3.63) is 0 Å². The van der Waals surface area contributed by atoms with Crippen LogP contribution in [0.25, 0.3) is 0 Å². The highest BCUT2D eigenvalue weighted by atomic mass is 32.2. The largest absolute Gasteiger partial charge is 0.295 e. The molecule has 2 aliphatic heterocycles. The summed E-state index contributed by atoms with van der Waals surface area (Å²) in [7, 11) is 0. The van der Waals surface area contributed by atoms with E-state index in [0.717, 1.165) is 51.4 Å². The number of rotatable bonds is 12. The van der Waals surface area contributed by atoms with E-state index >= 15 is 0 Å². The Morgan fingerprint density at radius 1 is 0.679 bits per heavy atom. The zero-order valence-electron chi connectivity index (χ0n) is 16.7. The number of hydrogen-bond donors (Lipinski definition) is 2. The number of carbonyl (C=O) groups is 4. The summed E-state index contributed by atoms with van der Waals surface area (Å²) in [6.07, 6.45) is 8.48. The fourth-order valence-corrected chi connectivity index (χ4v) is 8.51. The van der Waals surface area contributed by atoms with Gasteiger partial charge in [-0.25, -0.2) is 0 Å². The quantitative estimate of drug-likeness (QED) is 0.368. The lowest BCUT2D eigenvalue weighted by Gasteiger charge is -2.57. The Balaban J connectivity index is 1.83. The topological polar surface area (TPSA) is 92.3 Å². The highest BCUT2D eigenvalue weighted by molar-refractivity contribution is 8.06. The Morgan fingerprint density at radius 2 is 1.07 bits per heavy atom. The minimum absolute atomic E-state index is 0.384. The van der Waals surface area contributed by atoms with Crippen molar-refractivity contribution in [3.63, 3.8) is 0 Å². The Bertz CT molecular complexity index is 615. The van der Waals surface area contributed by atoms with Crippen LogP contribution in [0.1, 0.15) is 65.2 Å². The second-order valence-electron chi connectivity index (χ2n) is 7.88. The molecule has 156 valence electrons. The van der Waals surface area contributed by atoms with E-state index in [1.165, 1.54) is 23.5 Å². The molecule has 2 heterocycles. The lowest BCUT2D eigenvalue weighted by Crippen LogP contribution is -2.75. The van der Waals surface area contributed by atoms with E-state index in [4.69, 9.17) is 0 Å². The Labute approximate surface area is 175 Å². The number of fused-ring (bicyclic) bond motifs is 4. The van der Waals surface area contributed by atoms with Crippen LogP contribution in [0.4, 0.5) is 0 Å². The summed E-state index contributed by atoms with van der Waals surface area (Å²) >= 11 is 2.85. The second-order valence-corrected chi connectivity index (χ2v) is 10.6. The van der Waals surface area contributed by atoms with Gasteiger partial charge in [0.15, 0.2) is 0 Å². The maximum atomic E-state index is 13.0. The molecule has 8 heteroatoms. The molecule has 1 aliphatic carbocycles. The van der Waals surface area contributed by atoms with Crippen molar-refractivity contribution in [2.24, 2.45) is 11.8 Å². The SMILES string of the molecule is CCCCCCS[C@@]12C(=O)NC(=O)[C@@H]1[C@H]1C(=O)NC(=O)[C@]12SCCCCCC. The van der Waals surface area contributed by atoms with Crippen molar-refractivity contribution >= 4 is 47.2 Å². The molecule has 28 heavy (non-hydrogen) atoms. The van der Waals surface area contributed by atoms with Crippen LogP contribution in [0.15, 0.2) is 0 Å². The van der Waals surface area contributed by atoms with Gasteiger partial charge in [-0.05, 0) is 24.3 Å². The van der Waals surface area contributed by atoms with E-state index in [1.807, 2.05) is 0 Å². The molecule has 3 aliphatic rings. The van der Waals surface area contributed by atoms with Crippen LogP contribution < -0.4 is 10.6 Å². The summed E-state index contributed by atoms with van der Waals surface area (Å²) in [5.74, 6) is -1.61. The molecule has 1 saturated carbocycles. The first-order valence-electron chi connectivity index (χ1n) is 10.5. The van der Waals surface area contributed by atoms with Crippen LogP contribution in [0.5, 0.6) is 0 Å². The zero-order valence-corrected chi connectivity index (χ0v) is 18.3. The minimum atomic E-state index is -1.15. The normalized spacial score (nSPS) is 33.4. The molecule has 0 unspecified atom stereocenters. The lowest BCUT2D eigenvalue weighted by atomic mass is 9.57. The fourth-order valence-electron chi connectivity index (χ4n) is 4.74. The lowest BCUT2D eigenvalue weighted by molar-refractivity contribution is -0.139. The Kier molecular flexibility index (Phi) is 6.80. The van der Waals surface area contributed by atoms with Crippen molar-refractivity contribution in [1.29, 1.82) is 0 Å². The van der Waals surface area contributed by atoms with Gasteiger partial charge in [0, 0.05) is 0 Å². The third-order valence-corrected chi connectivity index (χ3v) is 9.68. The van der Waals surface area contributed by atoms with Crippen LogP contribution in [0, 0.1) is 11.8 Å². The van der Waals surface area contributed by atoms with Crippen LogP contribution in [-0.2, 0) is 19.2 Å².